The summed E-state index contributed by atoms with van der Waals surface area (Å²) in [5.74, 6) is 3.44. The van der Waals surface area contributed by atoms with E-state index < -0.39 is 0 Å². The van der Waals surface area contributed by atoms with Crippen LogP contribution in [0, 0.1) is 11.8 Å². The maximum atomic E-state index is 5.10. The Bertz CT molecular complexity index is 408. The molecule has 2 rings (SSSR count). The standard InChI is InChI=1S/C17H27NOS/c1-13(2)14(11-18-8-9-19-3)10-15-12-20-17-7-5-4-6-16(15)17/h4-7,13-15,18H,8-12H2,1-3H3. The van der Waals surface area contributed by atoms with Crippen molar-refractivity contribution in [2.45, 2.75) is 31.1 Å². The predicted molar refractivity (Wildman–Crippen MR) is 87.6 cm³/mol. The Morgan fingerprint density at radius 3 is 2.90 bits per heavy atom. The minimum Gasteiger partial charge on any atom is -0.383 e. The van der Waals surface area contributed by atoms with Crippen LogP contribution < -0.4 is 5.32 Å². The maximum Gasteiger partial charge on any atom is 0.0587 e. The molecule has 2 atom stereocenters. The Labute approximate surface area is 127 Å². The molecule has 1 aliphatic heterocycles. The molecule has 0 fully saturated rings. The zero-order valence-corrected chi connectivity index (χ0v) is 13.7. The summed E-state index contributed by atoms with van der Waals surface area (Å²) in [5, 5.41) is 3.53. The lowest BCUT2D eigenvalue weighted by atomic mass is 9.84. The number of methoxy groups -OCH3 is 1. The van der Waals surface area contributed by atoms with Gasteiger partial charge in [0.15, 0.2) is 0 Å². The summed E-state index contributed by atoms with van der Waals surface area (Å²) in [7, 11) is 1.76. The highest BCUT2D eigenvalue weighted by Crippen LogP contribution is 2.43. The summed E-state index contributed by atoms with van der Waals surface area (Å²) in [6.07, 6.45) is 1.29. The van der Waals surface area contributed by atoms with Crippen molar-refractivity contribution in [3.8, 4) is 0 Å². The lowest BCUT2D eigenvalue weighted by Gasteiger charge is -2.25. The molecule has 0 amide bonds. The molecule has 0 spiro atoms. The van der Waals surface area contributed by atoms with Gasteiger partial charge in [-0.15, -0.1) is 11.8 Å². The summed E-state index contributed by atoms with van der Waals surface area (Å²) in [4.78, 5) is 1.49. The van der Waals surface area contributed by atoms with Gasteiger partial charge in [0.2, 0.25) is 0 Å². The van der Waals surface area contributed by atoms with Crippen molar-refractivity contribution in [1.29, 1.82) is 0 Å². The first kappa shape index (κ1) is 15.9. The lowest BCUT2D eigenvalue weighted by Crippen LogP contribution is -2.30. The second-order valence-electron chi connectivity index (χ2n) is 5.98. The quantitative estimate of drug-likeness (QED) is 0.737. The number of benzene rings is 1. The van der Waals surface area contributed by atoms with E-state index in [1.54, 1.807) is 12.7 Å². The third-order valence-electron chi connectivity index (χ3n) is 4.22. The molecule has 0 aliphatic carbocycles. The first-order valence-corrected chi connectivity index (χ1v) is 8.62. The van der Waals surface area contributed by atoms with E-state index in [0.29, 0.717) is 0 Å². The van der Waals surface area contributed by atoms with Crippen molar-refractivity contribution in [2.75, 3.05) is 32.6 Å². The van der Waals surface area contributed by atoms with Crippen molar-refractivity contribution >= 4 is 11.8 Å². The van der Waals surface area contributed by atoms with Gasteiger partial charge < -0.3 is 10.1 Å². The largest absolute Gasteiger partial charge is 0.383 e. The highest BCUT2D eigenvalue weighted by Gasteiger charge is 2.26. The van der Waals surface area contributed by atoms with E-state index >= 15 is 0 Å². The Balaban J connectivity index is 1.89. The van der Waals surface area contributed by atoms with Crippen LogP contribution in [0.4, 0.5) is 0 Å². The number of fused-ring (bicyclic) bond motifs is 1. The summed E-state index contributed by atoms with van der Waals surface area (Å²) < 4.78 is 5.10. The molecular formula is C17H27NOS. The van der Waals surface area contributed by atoms with Crippen LogP contribution in [-0.2, 0) is 4.74 Å². The van der Waals surface area contributed by atoms with Gasteiger partial charge >= 0.3 is 0 Å². The van der Waals surface area contributed by atoms with E-state index in [1.165, 1.54) is 17.1 Å². The minimum atomic E-state index is 0.725. The summed E-state index contributed by atoms with van der Waals surface area (Å²) in [6, 6.07) is 8.91. The fourth-order valence-electron chi connectivity index (χ4n) is 2.84. The van der Waals surface area contributed by atoms with E-state index in [-0.39, 0.29) is 0 Å². The summed E-state index contributed by atoms with van der Waals surface area (Å²) >= 11 is 2.02. The highest BCUT2D eigenvalue weighted by atomic mass is 32.2. The van der Waals surface area contributed by atoms with Crippen molar-refractivity contribution in [2.24, 2.45) is 11.8 Å². The zero-order chi connectivity index (χ0) is 14.4. The van der Waals surface area contributed by atoms with Gasteiger partial charge in [0.1, 0.15) is 0 Å². The van der Waals surface area contributed by atoms with Crippen LogP contribution >= 0.6 is 11.8 Å². The molecule has 3 heteroatoms. The molecule has 0 radical (unpaired) electrons. The van der Waals surface area contributed by atoms with Crippen molar-refractivity contribution in [1.82, 2.24) is 5.32 Å². The van der Waals surface area contributed by atoms with E-state index in [4.69, 9.17) is 4.74 Å². The third kappa shape index (κ3) is 4.24. The van der Waals surface area contributed by atoms with Gasteiger partial charge in [-0.05, 0) is 42.3 Å². The van der Waals surface area contributed by atoms with Crippen LogP contribution in [0.5, 0.6) is 0 Å². The topological polar surface area (TPSA) is 21.3 Å². The summed E-state index contributed by atoms with van der Waals surface area (Å²) in [6.45, 7) is 7.54. The Kier molecular flexibility index (Phi) is 6.40. The number of rotatable bonds is 8. The average molecular weight is 293 g/mol. The zero-order valence-electron chi connectivity index (χ0n) is 12.9. The molecule has 2 nitrogen and oxygen atoms in total. The van der Waals surface area contributed by atoms with Crippen LogP contribution in [-0.4, -0.2) is 32.6 Å². The molecule has 0 bridgehead atoms. The molecule has 0 aromatic heterocycles. The Hall–Kier alpha value is -0.510. The van der Waals surface area contributed by atoms with Crippen molar-refractivity contribution in [3.63, 3.8) is 0 Å². The van der Waals surface area contributed by atoms with Gasteiger partial charge in [-0.2, -0.15) is 0 Å². The molecule has 0 saturated heterocycles. The van der Waals surface area contributed by atoms with Gasteiger partial charge in [-0.25, -0.2) is 0 Å². The Morgan fingerprint density at radius 1 is 1.35 bits per heavy atom. The van der Waals surface area contributed by atoms with Crippen molar-refractivity contribution < 1.29 is 4.74 Å². The molecule has 1 aromatic carbocycles. The first-order valence-electron chi connectivity index (χ1n) is 7.63. The number of ether oxygens (including phenoxy) is 1. The predicted octanol–water partition coefficient (Wildman–Crippen LogP) is 3.77. The fourth-order valence-corrected chi connectivity index (χ4v) is 4.12. The third-order valence-corrected chi connectivity index (χ3v) is 5.47. The van der Waals surface area contributed by atoms with Crippen LogP contribution in [0.15, 0.2) is 29.2 Å². The molecule has 1 aliphatic rings. The molecule has 1 aromatic rings. The average Bonchev–Trinajstić information content (AvgIpc) is 2.85. The Morgan fingerprint density at radius 2 is 2.15 bits per heavy atom. The van der Waals surface area contributed by atoms with Gasteiger partial charge in [-0.1, -0.05) is 32.0 Å². The molecule has 1 heterocycles. The van der Waals surface area contributed by atoms with Crippen LogP contribution in [0.1, 0.15) is 31.7 Å². The number of hydrogen-bond donors (Lipinski definition) is 1. The first-order chi connectivity index (χ1) is 9.72. The molecule has 20 heavy (non-hydrogen) atoms. The molecule has 1 N–H and O–H groups in total. The smallest absolute Gasteiger partial charge is 0.0587 e. The van der Waals surface area contributed by atoms with Gasteiger partial charge in [-0.3, -0.25) is 0 Å². The van der Waals surface area contributed by atoms with Gasteiger partial charge in [0.05, 0.1) is 6.61 Å². The number of nitrogens with one attached hydrogen (secondary N) is 1. The number of thioether (sulfide) groups is 1. The van der Waals surface area contributed by atoms with Crippen LogP contribution in [0.3, 0.4) is 0 Å². The van der Waals surface area contributed by atoms with E-state index in [9.17, 15) is 0 Å². The highest BCUT2D eigenvalue weighted by molar-refractivity contribution is 7.99. The van der Waals surface area contributed by atoms with Crippen LogP contribution in [0.25, 0.3) is 0 Å². The minimum absolute atomic E-state index is 0.725. The monoisotopic (exact) mass is 293 g/mol. The lowest BCUT2D eigenvalue weighted by molar-refractivity contribution is 0.195. The number of hydrogen-bond acceptors (Lipinski definition) is 3. The van der Waals surface area contributed by atoms with Gasteiger partial charge in [0, 0.05) is 24.3 Å². The molecule has 112 valence electrons. The maximum absolute atomic E-state index is 5.10. The van der Waals surface area contributed by atoms with Crippen LogP contribution in [0.2, 0.25) is 0 Å². The van der Waals surface area contributed by atoms with Crippen molar-refractivity contribution in [3.05, 3.63) is 29.8 Å². The molecule has 0 saturated carbocycles. The summed E-state index contributed by atoms with van der Waals surface area (Å²) in [5.41, 5.74) is 1.57. The second-order valence-corrected chi connectivity index (χ2v) is 7.04. The normalized spacial score (nSPS) is 19.3. The fraction of sp³-hybridized carbons (Fsp3) is 0.647. The SMILES string of the molecule is COCCNCC(CC1CSc2ccccc21)C(C)C. The van der Waals surface area contributed by atoms with E-state index in [1.807, 2.05) is 11.8 Å². The van der Waals surface area contributed by atoms with E-state index in [2.05, 4.69) is 43.4 Å². The van der Waals surface area contributed by atoms with E-state index in [0.717, 1.165) is 37.5 Å². The molecule has 2 unspecified atom stereocenters. The van der Waals surface area contributed by atoms with Gasteiger partial charge in [0.25, 0.3) is 0 Å². The molecular weight excluding hydrogens is 266 g/mol. The second kappa shape index (κ2) is 8.06.